The highest BCUT2D eigenvalue weighted by atomic mass is 16.3. The number of aliphatic hydroxyl groups excluding tert-OH is 1. The van der Waals surface area contributed by atoms with Crippen LogP contribution in [0.15, 0.2) is 18.2 Å². The van der Waals surface area contributed by atoms with E-state index in [0.29, 0.717) is 0 Å². The molecule has 1 rings (SSSR count). The van der Waals surface area contributed by atoms with Crippen molar-refractivity contribution in [3.8, 4) is 0 Å². The summed E-state index contributed by atoms with van der Waals surface area (Å²) in [5, 5.41) is 12.3. The number of hydrogen-bond acceptors (Lipinski definition) is 3. The number of nitrogens with one attached hydrogen (secondary N) is 1. The molecule has 4 N–H and O–H groups in total. The standard InChI is InChI=1S/C11H18N2O/c1-8-5-4-6-9(10(8)12)13-11(2,3)7-14/h4-6,13-14H,7,12H2,1-3H3. The summed E-state index contributed by atoms with van der Waals surface area (Å²) in [4.78, 5) is 0. The Morgan fingerprint density at radius 2 is 2.07 bits per heavy atom. The van der Waals surface area contributed by atoms with Crippen molar-refractivity contribution in [1.29, 1.82) is 0 Å². The second kappa shape index (κ2) is 3.88. The van der Waals surface area contributed by atoms with Crippen LogP contribution in [0.2, 0.25) is 0 Å². The SMILES string of the molecule is Cc1cccc(NC(C)(C)CO)c1N. The number of aliphatic hydroxyl groups is 1. The fourth-order valence-corrected chi connectivity index (χ4v) is 1.19. The Hall–Kier alpha value is -1.22. The first-order chi connectivity index (χ1) is 6.46. The zero-order valence-electron chi connectivity index (χ0n) is 8.96. The Kier molecular flexibility index (Phi) is 3.01. The van der Waals surface area contributed by atoms with E-state index in [1.54, 1.807) is 0 Å². The summed E-state index contributed by atoms with van der Waals surface area (Å²) in [5.41, 5.74) is 8.22. The Labute approximate surface area is 84.9 Å². The molecule has 0 aliphatic rings. The Bertz CT molecular complexity index is 321. The molecule has 0 aliphatic carbocycles. The molecule has 78 valence electrons. The van der Waals surface area contributed by atoms with Crippen molar-refractivity contribution in [3.05, 3.63) is 23.8 Å². The van der Waals surface area contributed by atoms with Gasteiger partial charge in [-0.3, -0.25) is 0 Å². The van der Waals surface area contributed by atoms with Gasteiger partial charge in [-0.05, 0) is 32.4 Å². The number of anilines is 2. The Balaban J connectivity index is 2.92. The Morgan fingerprint density at radius 1 is 1.43 bits per heavy atom. The largest absolute Gasteiger partial charge is 0.397 e. The van der Waals surface area contributed by atoms with Crippen LogP contribution in [0.1, 0.15) is 19.4 Å². The highest BCUT2D eigenvalue weighted by molar-refractivity contribution is 5.70. The molecule has 14 heavy (non-hydrogen) atoms. The molecule has 0 heterocycles. The lowest BCUT2D eigenvalue weighted by molar-refractivity contribution is 0.234. The predicted octanol–water partition coefficient (Wildman–Crippen LogP) is 1.76. The summed E-state index contributed by atoms with van der Waals surface area (Å²) in [7, 11) is 0. The number of para-hydroxylation sites is 1. The number of nitrogen functional groups attached to an aromatic ring is 1. The van der Waals surface area contributed by atoms with Crippen LogP contribution >= 0.6 is 0 Å². The van der Waals surface area contributed by atoms with Gasteiger partial charge in [-0.25, -0.2) is 0 Å². The summed E-state index contributed by atoms with van der Waals surface area (Å²) < 4.78 is 0. The molecule has 0 atom stereocenters. The quantitative estimate of drug-likeness (QED) is 0.643. The normalized spacial score (nSPS) is 11.4. The molecule has 3 heteroatoms. The summed E-state index contributed by atoms with van der Waals surface area (Å²) in [5.74, 6) is 0. The average Bonchev–Trinajstić information content (AvgIpc) is 2.13. The Morgan fingerprint density at radius 3 is 2.64 bits per heavy atom. The fraction of sp³-hybridized carbons (Fsp3) is 0.455. The van der Waals surface area contributed by atoms with Gasteiger partial charge in [-0.15, -0.1) is 0 Å². The second-order valence-corrected chi connectivity index (χ2v) is 4.20. The van der Waals surface area contributed by atoms with E-state index in [4.69, 9.17) is 10.8 Å². The molecule has 0 bridgehead atoms. The van der Waals surface area contributed by atoms with Crippen LogP contribution < -0.4 is 11.1 Å². The first-order valence-electron chi connectivity index (χ1n) is 4.70. The average molecular weight is 194 g/mol. The van der Waals surface area contributed by atoms with E-state index in [-0.39, 0.29) is 12.1 Å². The second-order valence-electron chi connectivity index (χ2n) is 4.20. The van der Waals surface area contributed by atoms with Crippen molar-refractivity contribution in [3.63, 3.8) is 0 Å². The van der Waals surface area contributed by atoms with Gasteiger partial charge in [0.15, 0.2) is 0 Å². The third kappa shape index (κ3) is 2.39. The maximum absolute atomic E-state index is 9.11. The summed E-state index contributed by atoms with van der Waals surface area (Å²) in [6.07, 6.45) is 0. The molecule has 0 saturated carbocycles. The van der Waals surface area contributed by atoms with Gasteiger partial charge in [0.2, 0.25) is 0 Å². The molecule has 0 unspecified atom stereocenters. The molecule has 0 spiro atoms. The third-order valence-electron chi connectivity index (χ3n) is 2.19. The number of nitrogens with two attached hydrogens (primary N) is 1. The lowest BCUT2D eigenvalue weighted by Crippen LogP contribution is -2.35. The molecule has 0 aromatic heterocycles. The van der Waals surface area contributed by atoms with E-state index in [1.165, 1.54) is 0 Å². The lowest BCUT2D eigenvalue weighted by atomic mass is 10.1. The maximum atomic E-state index is 9.11. The highest BCUT2D eigenvalue weighted by Crippen LogP contribution is 2.24. The van der Waals surface area contributed by atoms with Gasteiger partial charge in [0.05, 0.1) is 23.5 Å². The molecule has 0 amide bonds. The van der Waals surface area contributed by atoms with E-state index in [1.807, 2.05) is 39.0 Å². The minimum absolute atomic E-state index is 0.0698. The zero-order chi connectivity index (χ0) is 10.8. The minimum Gasteiger partial charge on any atom is -0.397 e. The summed E-state index contributed by atoms with van der Waals surface area (Å²) in [6.45, 7) is 5.89. The molecule has 0 fully saturated rings. The van der Waals surface area contributed by atoms with Gasteiger partial charge in [-0.2, -0.15) is 0 Å². The monoisotopic (exact) mass is 194 g/mol. The van der Waals surface area contributed by atoms with Gasteiger partial charge < -0.3 is 16.2 Å². The zero-order valence-corrected chi connectivity index (χ0v) is 8.96. The fourth-order valence-electron chi connectivity index (χ4n) is 1.19. The molecule has 1 aromatic carbocycles. The van der Waals surface area contributed by atoms with E-state index in [0.717, 1.165) is 16.9 Å². The van der Waals surface area contributed by atoms with Crippen LogP contribution in [0.5, 0.6) is 0 Å². The highest BCUT2D eigenvalue weighted by Gasteiger charge is 2.16. The molecular weight excluding hydrogens is 176 g/mol. The van der Waals surface area contributed by atoms with Gasteiger partial charge in [0.1, 0.15) is 0 Å². The van der Waals surface area contributed by atoms with Crippen LogP contribution in [0.3, 0.4) is 0 Å². The van der Waals surface area contributed by atoms with Gasteiger partial charge in [-0.1, -0.05) is 12.1 Å². The van der Waals surface area contributed by atoms with Crippen molar-refractivity contribution in [1.82, 2.24) is 0 Å². The van der Waals surface area contributed by atoms with Crippen LogP contribution in [-0.2, 0) is 0 Å². The van der Waals surface area contributed by atoms with Crippen LogP contribution in [-0.4, -0.2) is 17.3 Å². The first-order valence-corrected chi connectivity index (χ1v) is 4.70. The maximum Gasteiger partial charge on any atom is 0.0656 e. The van der Waals surface area contributed by atoms with E-state index < -0.39 is 0 Å². The van der Waals surface area contributed by atoms with Crippen LogP contribution in [0, 0.1) is 6.92 Å². The van der Waals surface area contributed by atoms with Gasteiger partial charge in [0, 0.05) is 0 Å². The van der Waals surface area contributed by atoms with Crippen molar-refractivity contribution < 1.29 is 5.11 Å². The van der Waals surface area contributed by atoms with E-state index in [2.05, 4.69) is 5.32 Å². The molecule has 0 radical (unpaired) electrons. The number of hydrogen-bond donors (Lipinski definition) is 3. The third-order valence-corrected chi connectivity index (χ3v) is 2.19. The van der Waals surface area contributed by atoms with Crippen LogP contribution in [0.4, 0.5) is 11.4 Å². The van der Waals surface area contributed by atoms with Crippen molar-refractivity contribution in [2.45, 2.75) is 26.3 Å². The van der Waals surface area contributed by atoms with Gasteiger partial charge in [0.25, 0.3) is 0 Å². The number of rotatable bonds is 3. The van der Waals surface area contributed by atoms with Crippen LogP contribution in [0.25, 0.3) is 0 Å². The molecule has 0 saturated heterocycles. The molecular formula is C11H18N2O. The molecule has 3 nitrogen and oxygen atoms in total. The topological polar surface area (TPSA) is 58.3 Å². The number of benzene rings is 1. The smallest absolute Gasteiger partial charge is 0.0656 e. The molecule has 1 aromatic rings. The summed E-state index contributed by atoms with van der Waals surface area (Å²) >= 11 is 0. The van der Waals surface area contributed by atoms with Crippen molar-refractivity contribution in [2.75, 3.05) is 17.7 Å². The first kappa shape index (κ1) is 10.9. The summed E-state index contributed by atoms with van der Waals surface area (Å²) in [6, 6.07) is 5.83. The van der Waals surface area contributed by atoms with Gasteiger partial charge >= 0.3 is 0 Å². The van der Waals surface area contributed by atoms with E-state index >= 15 is 0 Å². The molecule has 0 aliphatic heterocycles. The number of aryl methyl sites for hydroxylation is 1. The minimum atomic E-state index is -0.345. The predicted molar refractivity (Wildman–Crippen MR) is 60.4 cm³/mol. The van der Waals surface area contributed by atoms with Crippen molar-refractivity contribution >= 4 is 11.4 Å². The van der Waals surface area contributed by atoms with E-state index in [9.17, 15) is 0 Å². The van der Waals surface area contributed by atoms with Crippen molar-refractivity contribution in [2.24, 2.45) is 0 Å². The lowest BCUT2D eigenvalue weighted by Gasteiger charge is -2.26.